The largest absolute Gasteiger partial charge is 0.328 e. The van der Waals surface area contributed by atoms with Crippen LogP contribution in [0.3, 0.4) is 0 Å². The summed E-state index contributed by atoms with van der Waals surface area (Å²) >= 11 is 0. The standard InChI is InChI=1S/C11H15N/c1-3-12-8-7-10-6-4-5-9(2)11(10)12/h3,7-9H,1,4-6H2,2H3/t9-/m0/s1. The average molecular weight is 161 g/mol. The Morgan fingerprint density at radius 2 is 2.50 bits per heavy atom. The number of aromatic nitrogens is 1. The SMILES string of the molecule is C=Cn1ccc2c1[C@@H](C)CCC2. The van der Waals surface area contributed by atoms with Gasteiger partial charge >= 0.3 is 0 Å². The van der Waals surface area contributed by atoms with Gasteiger partial charge in [0.25, 0.3) is 0 Å². The zero-order valence-corrected chi connectivity index (χ0v) is 7.59. The molecular formula is C11H15N. The molecule has 0 saturated heterocycles. The van der Waals surface area contributed by atoms with Gasteiger partial charge in [-0.15, -0.1) is 0 Å². The molecule has 0 aromatic carbocycles. The van der Waals surface area contributed by atoms with Crippen molar-refractivity contribution in [3.63, 3.8) is 0 Å². The maximum atomic E-state index is 3.81. The fourth-order valence-electron chi connectivity index (χ4n) is 2.18. The van der Waals surface area contributed by atoms with Crippen molar-refractivity contribution < 1.29 is 0 Å². The lowest BCUT2D eigenvalue weighted by Crippen LogP contribution is -2.08. The second-order valence-corrected chi connectivity index (χ2v) is 3.61. The van der Waals surface area contributed by atoms with Crippen LogP contribution in [0.25, 0.3) is 6.20 Å². The number of rotatable bonds is 1. The van der Waals surface area contributed by atoms with Crippen LogP contribution in [0, 0.1) is 0 Å². The van der Waals surface area contributed by atoms with Gasteiger partial charge in [0.05, 0.1) is 0 Å². The zero-order chi connectivity index (χ0) is 8.55. The van der Waals surface area contributed by atoms with E-state index >= 15 is 0 Å². The van der Waals surface area contributed by atoms with Crippen LogP contribution in [-0.2, 0) is 6.42 Å². The summed E-state index contributed by atoms with van der Waals surface area (Å²) in [6.45, 7) is 6.11. The Morgan fingerprint density at radius 3 is 3.25 bits per heavy atom. The van der Waals surface area contributed by atoms with Gasteiger partial charge in [-0.25, -0.2) is 0 Å². The van der Waals surface area contributed by atoms with Crippen LogP contribution in [0.5, 0.6) is 0 Å². The highest BCUT2D eigenvalue weighted by Crippen LogP contribution is 2.31. The molecule has 0 unspecified atom stereocenters. The Morgan fingerprint density at radius 1 is 1.67 bits per heavy atom. The fourth-order valence-corrected chi connectivity index (χ4v) is 2.18. The first-order valence-electron chi connectivity index (χ1n) is 4.65. The van der Waals surface area contributed by atoms with E-state index in [1.165, 1.54) is 30.5 Å². The maximum Gasteiger partial charge on any atom is 0.0280 e. The third-order valence-corrected chi connectivity index (χ3v) is 2.79. The van der Waals surface area contributed by atoms with Crippen LogP contribution < -0.4 is 0 Å². The molecule has 0 radical (unpaired) electrons. The van der Waals surface area contributed by atoms with Gasteiger partial charge in [0.15, 0.2) is 0 Å². The average Bonchev–Trinajstić information content (AvgIpc) is 2.49. The predicted molar refractivity (Wildman–Crippen MR) is 52.2 cm³/mol. The monoisotopic (exact) mass is 161 g/mol. The van der Waals surface area contributed by atoms with Crippen molar-refractivity contribution in [3.8, 4) is 0 Å². The molecule has 0 N–H and O–H groups in total. The van der Waals surface area contributed by atoms with Crippen molar-refractivity contribution in [1.29, 1.82) is 0 Å². The molecular weight excluding hydrogens is 146 g/mol. The van der Waals surface area contributed by atoms with Gasteiger partial charge in [-0.1, -0.05) is 13.5 Å². The lowest BCUT2D eigenvalue weighted by atomic mass is 9.89. The summed E-state index contributed by atoms with van der Waals surface area (Å²) in [5, 5.41) is 0. The van der Waals surface area contributed by atoms with Gasteiger partial charge in [0.1, 0.15) is 0 Å². The van der Waals surface area contributed by atoms with Crippen LogP contribution in [0.15, 0.2) is 18.8 Å². The van der Waals surface area contributed by atoms with E-state index in [2.05, 4.69) is 30.3 Å². The smallest absolute Gasteiger partial charge is 0.0280 e. The van der Waals surface area contributed by atoms with E-state index < -0.39 is 0 Å². The highest BCUT2D eigenvalue weighted by Gasteiger charge is 2.18. The van der Waals surface area contributed by atoms with E-state index in [0.29, 0.717) is 5.92 Å². The molecule has 0 amide bonds. The second kappa shape index (κ2) is 2.81. The summed E-state index contributed by atoms with van der Waals surface area (Å²) in [7, 11) is 0. The lowest BCUT2D eigenvalue weighted by Gasteiger charge is -2.20. The molecule has 1 nitrogen and oxygen atoms in total. The number of nitrogens with zero attached hydrogens (tertiary/aromatic N) is 1. The van der Waals surface area contributed by atoms with Gasteiger partial charge in [-0.3, -0.25) is 0 Å². The van der Waals surface area contributed by atoms with Crippen LogP contribution in [-0.4, -0.2) is 4.57 Å². The Balaban J connectivity index is 2.50. The van der Waals surface area contributed by atoms with E-state index in [-0.39, 0.29) is 0 Å². The van der Waals surface area contributed by atoms with Crippen LogP contribution in [0.2, 0.25) is 0 Å². The fraction of sp³-hybridized carbons (Fsp3) is 0.455. The molecule has 1 aromatic heterocycles. The Labute approximate surface area is 73.7 Å². The highest BCUT2D eigenvalue weighted by atomic mass is 14.9. The van der Waals surface area contributed by atoms with Crippen molar-refractivity contribution >= 4 is 6.20 Å². The van der Waals surface area contributed by atoms with Crippen molar-refractivity contribution in [2.75, 3.05) is 0 Å². The topological polar surface area (TPSA) is 4.93 Å². The summed E-state index contributed by atoms with van der Waals surface area (Å²) in [5.74, 6) is 0.710. The van der Waals surface area contributed by atoms with Crippen molar-refractivity contribution in [2.45, 2.75) is 32.1 Å². The van der Waals surface area contributed by atoms with Gasteiger partial charge in [0, 0.05) is 18.1 Å². The maximum absolute atomic E-state index is 3.81. The third kappa shape index (κ3) is 1.01. The van der Waals surface area contributed by atoms with Crippen molar-refractivity contribution in [2.24, 2.45) is 0 Å². The van der Waals surface area contributed by atoms with E-state index in [0.717, 1.165) is 0 Å². The van der Waals surface area contributed by atoms with E-state index in [9.17, 15) is 0 Å². The number of aryl methyl sites for hydroxylation is 1. The van der Waals surface area contributed by atoms with Gasteiger partial charge in [-0.05, 0) is 36.8 Å². The van der Waals surface area contributed by atoms with Crippen molar-refractivity contribution in [3.05, 3.63) is 30.1 Å². The second-order valence-electron chi connectivity index (χ2n) is 3.61. The first-order valence-corrected chi connectivity index (χ1v) is 4.65. The summed E-state index contributed by atoms with van der Waals surface area (Å²) in [5.41, 5.74) is 3.00. The molecule has 1 aromatic rings. The molecule has 1 aliphatic carbocycles. The molecule has 1 heterocycles. The normalized spacial score (nSPS) is 21.9. The molecule has 64 valence electrons. The Bertz CT molecular complexity index is 296. The summed E-state index contributed by atoms with van der Waals surface area (Å²) in [6, 6.07) is 2.23. The molecule has 0 fully saturated rings. The summed E-state index contributed by atoms with van der Waals surface area (Å²) in [6.07, 6.45) is 7.95. The minimum absolute atomic E-state index is 0.710. The quantitative estimate of drug-likeness (QED) is 0.596. The van der Waals surface area contributed by atoms with E-state index in [1.54, 1.807) is 0 Å². The van der Waals surface area contributed by atoms with Crippen LogP contribution in [0.1, 0.15) is 36.9 Å². The Kier molecular flexibility index (Phi) is 1.80. The third-order valence-electron chi connectivity index (χ3n) is 2.79. The first-order chi connectivity index (χ1) is 5.83. The zero-order valence-electron chi connectivity index (χ0n) is 7.59. The molecule has 2 rings (SSSR count). The van der Waals surface area contributed by atoms with Crippen LogP contribution in [0.4, 0.5) is 0 Å². The number of hydrogen-bond donors (Lipinski definition) is 0. The van der Waals surface area contributed by atoms with Crippen LogP contribution >= 0.6 is 0 Å². The lowest BCUT2D eigenvalue weighted by molar-refractivity contribution is 0.572. The molecule has 1 heteroatoms. The highest BCUT2D eigenvalue weighted by molar-refractivity contribution is 5.35. The minimum atomic E-state index is 0.710. The molecule has 0 aliphatic heterocycles. The number of fused-ring (bicyclic) bond motifs is 1. The van der Waals surface area contributed by atoms with Gasteiger partial charge in [-0.2, -0.15) is 0 Å². The molecule has 1 atom stereocenters. The summed E-state index contributed by atoms with van der Waals surface area (Å²) < 4.78 is 2.17. The minimum Gasteiger partial charge on any atom is -0.328 e. The Hall–Kier alpha value is -0.980. The van der Waals surface area contributed by atoms with Gasteiger partial charge in [0.2, 0.25) is 0 Å². The predicted octanol–water partition coefficient (Wildman–Crippen LogP) is 3.03. The first kappa shape index (κ1) is 7.66. The molecule has 0 saturated carbocycles. The van der Waals surface area contributed by atoms with E-state index in [4.69, 9.17) is 0 Å². The number of hydrogen-bond acceptors (Lipinski definition) is 0. The molecule has 1 aliphatic rings. The van der Waals surface area contributed by atoms with Crippen molar-refractivity contribution in [1.82, 2.24) is 4.57 Å². The molecule has 12 heavy (non-hydrogen) atoms. The molecule has 0 spiro atoms. The molecule has 0 bridgehead atoms. The van der Waals surface area contributed by atoms with Gasteiger partial charge < -0.3 is 4.57 Å². The van der Waals surface area contributed by atoms with E-state index in [1.807, 2.05) is 6.20 Å². The summed E-state index contributed by atoms with van der Waals surface area (Å²) in [4.78, 5) is 0.